The smallest absolute Gasteiger partial charge is 0.255 e. The number of hydrogen-bond donors (Lipinski definition) is 1. The van der Waals surface area contributed by atoms with Gasteiger partial charge in [-0.1, -0.05) is 26.0 Å². The molecule has 1 amide bonds. The summed E-state index contributed by atoms with van der Waals surface area (Å²) in [6.45, 7) is 6.22. The van der Waals surface area contributed by atoms with Gasteiger partial charge in [-0.15, -0.1) is 0 Å². The van der Waals surface area contributed by atoms with Gasteiger partial charge in [0.05, 0.1) is 7.11 Å². The lowest BCUT2D eigenvalue weighted by atomic mass is 9.48. The minimum atomic E-state index is -0.0513. The zero-order valence-electron chi connectivity index (χ0n) is 19.3. The first-order valence-electron chi connectivity index (χ1n) is 12.0. The zero-order chi connectivity index (χ0) is 21.8. The van der Waals surface area contributed by atoms with Crippen LogP contribution in [0.2, 0.25) is 0 Å². The molecule has 0 unspecified atom stereocenters. The van der Waals surface area contributed by atoms with Crippen molar-refractivity contribution in [1.29, 1.82) is 0 Å². The summed E-state index contributed by atoms with van der Waals surface area (Å²) >= 11 is 0. The molecule has 0 atom stereocenters. The highest BCUT2D eigenvalue weighted by Gasteiger charge is 2.51. The number of aryl methyl sites for hydroxylation is 1. The number of hydrogen-bond acceptors (Lipinski definition) is 2. The van der Waals surface area contributed by atoms with Crippen molar-refractivity contribution in [2.75, 3.05) is 12.4 Å². The fourth-order valence-corrected chi connectivity index (χ4v) is 7.14. The number of benzene rings is 2. The quantitative estimate of drug-likeness (QED) is 0.578. The maximum atomic E-state index is 13.1. The largest absolute Gasteiger partial charge is 0.496 e. The van der Waals surface area contributed by atoms with E-state index in [2.05, 4.69) is 43.4 Å². The summed E-state index contributed by atoms with van der Waals surface area (Å²) in [5.74, 6) is 3.92. The third-order valence-corrected chi connectivity index (χ3v) is 8.24. The first-order valence-corrected chi connectivity index (χ1v) is 12.0. The number of ether oxygens (including phenoxy) is 1. The molecule has 164 valence electrons. The molecule has 31 heavy (non-hydrogen) atoms. The molecule has 0 spiro atoms. The molecule has 0 aliphatic heterocycles. The standard InChI is InChI=1S/C28H35NO2/c1-17(2)24-13-25(18(3)9-26(24)31-4)27(30)29-23-7-5-22(6-8-23)28-14-19-10-20(15-28)12-21(11-19)16-28/h5-9,13,17,19-21H,10-12,14-16H2,1-4H3,(H,29,30). The molecule has 3 nitrogen and oxygen atoms in total. The Hall–Kier alpha value is -2.29. The normalized spacial score (nSPS) is 28.7. The van der Waals surface area contributed by atoms with Gasteiger partial charge in [-0.2, -0.15) is 0 Å². The highest BCUT2D eigenvalue weighted by molar-refractivity contribution is 6.05. The van der Waals surface area contributed by atoms with Crippen LogP contribution in [0.25, 0.3) is 0 Å². The highest BCUT2D eigenvalue weighted by atomic mass is 16.5. The third-order valence-electron chi connectivity index (χ3n) is 8.24. The lowest BCUT2D eigenvalue weighted by Gasteiger charge is -2.57. The average molecular weight is 418 g/mol. The Kier molecular flexibility index (Phi) is 5.11. The van der Waals surface area contributed by atoms with Gasteiger partial charge in [0, 0.05) is 11.3 Å². The summed E-state index contributed by atoms with van der Waals surface area (Å²) in [6.07, 6.45) is 8.50. The van der Waals surface area contributed by atoms with Gasteiger partial charge in [0.2, 0.25) is 0 Å². The van der Waals surface area contributed by atoms with Gasteiger partial charge < -0.3 is 10.1 Å². The van der Waals surface area contributed by atoms with E-state index in [9.17, 15) is 4.79 Å². The van der Waals surface area contributed by atoms with E-state index in [1.807, 2.05) is 19.1 Å². The van der Waals surface area contributed by atoms with E-state index < -0.39 is 0 Å². The molecule has 6 rings (SSSR count). The number of anilines is 1. The van der Waals surface area contributed by atoms with E-state index in [-0.39, 0.29) is 5.91 Å². The highest BCUT2D eigenvalue weighted by Crippen LogP contribution is 2.60. The summed E-state index contributed by atoms with van der Waals surface area (Å²) in [4.78, 5) is 13.1. The van der Waals surface area contributed by atoms with Crippen molar-refractivity contribution >= 4 is 11.6 Å². The van der Waals surface area contributed by atoms with Crippen molar-refractivity contribution in [3.05, 3.63) is 58.7 Å². The molecule has 0 saturated heterocycles. The number of nitrogens with one attached hydrogen (secondary N) is 1. The first-order chi connectivity index (χ1) is 14.9. The Morgan fingerprint density at radius 3 is 2.10 bits per heavy atom. The zero-order valence-corrected chi connectivity index (χ0v) is 19.3. The minimum absolute atomic E-state index is 0.0513. The van der Waals surface area contributed by atoms with Crippen LogP contribution in [0.3, 0.4) is 0 Å². The molecule has 0 heterocycles. The Labute approximate surface area is 186 Å². The molecular formula is C28H35NO2. The molecule has 4 aliphatic rings. The van der Waals surface area contributed by atoms with E-state index in [1.165, 1.54) is 44.1 Å². The Morgan fingerprint density at radius 1 is 1.00 bits per heavy atom. The van der Waals surface area contributed by atoms with E-state index in [1.54, 1.807) is 7.11 Å². The molecule has 4 fully saturated rings. The second-order valence-corrected chi connectivity index (χ2v) is 10.8. The topological polar surface area (TPSA) is 38.3 Å². The van der Waals surface area contributed by atoms with Crippen LogP contribution in [-0.2, 0) is 5.41 Å². The van der Waals surface area contributed by atoms with Crippen LogP contribution in [0.15, 0.2) is 36.4 Å². The number of carbonyl (C=O) groups is 1. The van der Waals surface area contributed by atoms with E-state index in [0.717, 1.165) is 45.9 Å². The summed E-state index contributed by atoms with van der Waals surface area (Å²) in [5.41, 5.74) is 5.48. The number of carbonyl (C=O) groups excluding carboxylic acids is 1. The number of amides is 1. The first kappa shape index (κ1) is 20.6. The minimum Gasteiger partial charge on any atom is -0.496 e. The van der Waals surface area contributed by atoms with Gasteiger partial charge in [-0.3, -0.25) is 4.79 Å². The molecule has 4 bridgehead atoms. The number of methoxy groups -OCH3 is 1. The molecule has 4 aliphatic carbocycles. The summed E-state index contributed by atoms with van der Waals surface area (Å²) in [5, 5.41) is 3.12. The Morgan fingerprint density at radius 2 is 1.58 bits per heavy atom. The van der Waals surface area contributed by atoms with Crippen LogP contribution in [0.4, 0.5) is 5.69 Å². The summed E-state index contributed by atoms with van der Waals surface area (Å²) in [7, 11) is 1.69. The monoisotopic (exact) mass is 417 g/mol. The van der Waals surface area contributed by atoms with E-state index in [4.69, 9.17) is 4.74 Å². The van der Waals surface area contributed by atoms with Crippen LogP contribution < -0.4 is 10.1 Å². The second-order valence-electron chi connectivity index (χ2n) is 10.8. The van der Waals surface area contributed by atoms with Crippen molar-refractivity contribution < 1.29 is 9.53 Å². The van der Waals surface area contributed by atoms with Gasteiger partial charge in [0.1, 0.15) is 5.75 Å². The summed E-state index contributed by atoms with van der Waals surface area (Å²) in [6, 6.07) is 12.7. The predicted octanol–water partition coefficient (Wildman–Crippen LogP) is 6.85. The Balaban J connectivity index is 1.35. The van der Waals surface area contributed by atoms with Crippen LogP contribution in [0.1, 0.15) is 85.3 Å². The van der Waals surface area contributed by atoms with Crippen LogP contribution in [-0.4, -0.2) is 13.0 Å². The molecule has 2 aromatic rings. The molecule has 4 saturated carbocycles. The fraction of sp³-hybridized carbons (Fsp3) is 0.536. The van der Waals surface area contributed by atoms with Crippen LogP contribution >= 0.6 is 0 Å². The van der Waals surface area contributed by atoms with Crippen LogP contribution in [0.5, 0.6) is 5.75 Å². The van der Waals surface area contributed by atoms with Crippen molar-refractivity contribution in [3.8, 4) is 5.75 Å². The van der Waals surface area contributed by atoms with Gasteiger partial charge in [0.15, 0.2) is 0 Å². The van der Waals surface area contributed by atoms with Crippen molar-refractivity contribution in [2.24, 2.45) is 17.8 Å². The van der Waals surface area contributed by atoms with Crippen molar-refractivity contribution in [3.63, 3.8) is 0 Å². The third kappa shape index (κ3) is 3.66. The fourth-order valence-electron chi connectivity index (χ4n) is 7.14. The van der Waals surface area contributed by atoms with Crippen molar-refractivity contribution in [1.82, 2.24) is 0 Å². The number of rotatable bonds is 5. The van der Waals surface area contributed by atoms with E-state index >= 15 is 0 Å². The van der Waals surface area contributed by atoms with Crippen LogP contribution in [0, 0.1) is 24.7 Å². The van der Waals surface area contributed by atoms with Gasteiger partial charge in [-0.25, -0.2) is 0 Å². The molecule has 0 aromatic heterocycles. The Bertz CT molecular complexity index is 954. The SMILES string of the molecule is COc1cc(C)c(C(=O)Nc2ccc(C34CC5CC(CC(C5)C3)C4)cc2)cc1C(C)C. The van der Waals surface area contributed by atoms with Gasteiger partial charge in [-0.05, 0) is 115 Å². The molecule has 1 N–H and O–H groups in total. The van der Waals surface area contributed by atoms with Crippen molar-refractivity contribution in [2.45, 2.75) is 70.6 Å². The molecular weight excluding hydrogens is 382 g/mol. The summed E-state index contributed by atoms with van der Waals surface area (Å²) < 4.78 is 5.52. The molecule has 3 heteroatoms. The lowest BCUT2D eigenvalue weighted by molar-refractivity contribution is -0.00518. The van der Waals surface area contributed by atoms with Gasteiger partial charge in [0.25, 0.3) is 5.91 Å². The lowest BCUT2D eigenvalue weighted by Crippen LogP contribution is -2.48. The van der Waals surface area contributed by atoms with Gasteiger partial charge >= 0.3 is 0 Å². The average Bonchev–Trinajstić information content (AvgIpc) is 2.72. The maximum Gasteiger partial charge on any atom is 0.255 e. The molecule has 0 radical (unpaired) electrons. The predicted molar refractivity (Wildman–Crippen MR) is 126 cm³/mol. The second kappa shape index (κ2) is 7.69. The maximum absolute atomic E-state index is 13.1. The van der Waals surface area contributed by atoms with E-state index in [0.29, 0.717) is 11.3 Å². The molecule has 2 aromatic carbocycles.